The molecule has 17 heavy (non-hydrogen) atoms. The van der Waals surface area contributed by atoms with Gasteiger partial charge < -0.3 is 0 Å². The summed E-state index contributed by atoms with van der Waals surface area (Å²) >= 11 is 2.91. The van der Waals surface area contributed by atoms with Gasteiger partial charge in [-0.25, -0.2) is 10.8 Å². The van der Waals surface area contributed by atoms with Crippen LogP contribution in [0.5, 0.6) is 0 Å². The summed E-state index contributed by atoms with van der Waals surface area (Å²) in [6.45, 7) is 0. The lowest BCUT2D eigenvalue weighted by Gasteiger charge is -1.94. The average Bonchev–Trinajstić information content (AvgIpc) is 2.94. The van der Waals surface area contributed by atoms with Gasteiger partial charge in [0.1, 0.15) is 0 Å². The zero-order valence-corrected chi connectivity index (χ0v) is 10.7. The van der Waals surface area contributed by atoms with Crippen LogP contribution in [0.25, 0.3) is 0 Å². The summed E-state index contributed by atoms with van der Waals surface area (Å²) in [7, 11) is 1.87. The molecular weight excluding hydrogens is 258 g/mol. The Morgan fingerprint density at radius 3 is 3.18 bits per heavy atom. The molecule has 0 saturated heterocycles. The summed E-state index contributed by atoms with van der Waals surface area (Å²) in [5.74, 6) is 5.39. The second-order valence-electron chi connectivity index (χ2n) is 3.26. The van der Waals surface area contributed by atoms with E-state index < -0.39 is 0 Å². The van der Waals surface area contributed by atoms with Crippen LogP contribution in [-0.2, 0) is 12.8 Å². The number of hydrogen-bond acceptors (Lipinski definition) is 6. The van der Waals surface area contributed by atoms with Crippen molar-refractivity contribution in [3.63, 3.8) is 0 Å². The summed E-state index contributed by atoms with van der Waals surface area (Å²) < 4.78 is 1.75. The van der Waals surface area contributed by atoms with Crippen molar-refractivity contribution in [2.24, 2.45) is 12.9 Å². The number of nitrogen functional groups attached to an aromatic ring is 1. The predicted octanol–water partition coefficient (Wildman–Crippen LogP) is 0.772. The minimum Gasteiger partial charge on any atom is -0.288 e. The normalized spacial score (nSPS) is 10.5. The summed E-state index contributed by atoms with van der Waals surface area (Å²) in [5, 5.41) is 6.31. The van der Waals surface area contributed by atoms with E-state index in [0.717, 1.165) is 10.6 Å². The first kappa shape index (κ1) is 12.1. The van der Waals surface area contributed by atoms with Gasteiger partial charge in [0, 0.05) is 29.3 Å². The van der Waals surface area contributed by atoms with Gasteiger partial charge in [0.25, 0.3) is 5.91 Å². The number of thioether (sulfide) groups is 1. The maximum atomic E-state index is 11.2. The number of nitrogens with two attached hydrogens (primary N) is 1. The van der Waals surface area contributed by atoms with Crippen LogP contribution in [0.3, 0.4) is 0 Å². The molecule has 0 saturated carbocycles. The van der Waals surface area contributed by atoms with Crippen molar-refractivity contribution in [1.29, 1.82) is 0 Å². The summed E-state index contributed by atoms with van der Waals surface area (Å²) in [6.07, 6.45) is 3.73. The Morgan fingerprint density at radius 1 is 1.71 bits per heavy atom. The van der Waals surface area contributed by atoms with Crippen LogP contribution in [0.15, 0.2) is 22.7 Å². The SMILES string of the molecule is Cn1cc(SCc2csc(C(=O)NN)n2)cn1. The number of carbonyl (C=O) groups is 1. The highest BCUT2D eigenvalue weighted by molar-refractivity contribution is 7.98. The smallest absolute Gasteiger partial charge is 0.288 e. The van der Waals surface area contributed by atoms with Gasteiger partial charge in [0.15, 0.2) is 5.01 Å². The molecule has 0 spiro atoms. The van der Waals surface area contributed by atoms with E-state index >= 15 is 0 Å². The summed E-state index contributed by atoms with van der Waals surface area (Å²) in [5.41, 5.74) is 2.92. The number of amides is 1. The zero-order chi connectivity index (χ0) is 12.3. The molecule has 0 bridgehead atoms. The minimum atomic E-state index is -0.354. The van der Waals surface area contributed by atoms with E-state index in [-0.39, 0.29) is 5.91 Å². The molecule has 2 aromatic rings. The van der Waals surface area contributed by atoms with Crippen molar-refractivity contribution >= 4 is 29.0 Å². The van der Waals surface area contributed by atoms with Crippen molar-refractivity contribution in [2.75, 3.05) is 0 Å². The molecule has 0 atom stereocenters. The Bertz CT molecular complexity index is 521. The number of aromatic nitrogens is 3. The molecule has 90 valence electrons. The second-order valence-corrected chi connectivity index (χ2v) is 5.16. The van der Waals surface area contributed by atoms with Crippen molar-refractivity contribution in [2.45, 2.75) is 10.6 Å². The molecule has 0 fully saturated rings. The predicted molar refractivity (Wildman–Crippen MR) is 66.5 cm³/mol. The first-order valence-electron chi connectivity index (χ1n) is 4.76. The van der Waals surface area contributed by atoms with Crippen LogP contribution in [-0.4, -0.2) is 20.7 Å². The molecule has 2 rings (SSSR count). The number of nitrogens with one attached hydrogen (secondary N) is 1. The van der Waals surface area contributed by atoms with E-state index in [2.05, 4.69) is 15.5 Å². The van der Waals surface area contributed by atoms with E-state index in [1.165, 1.54) is 11.3 Å². The van der Waals surface area contributed by atoms with Gasteiger partial charge in [0.2, 0.25) is 0 Å². The highest BCUT2D eigenvalue weighted by Gasteiger charge is 2.09. The molecule has 0 aliphatic heterocycles. The summed E-state index contributed by atoms with van der Waals surface area (Å²) in [4.78, 5) is 16.5. The Hall–Kier alpha value is -1.38. The van der Waals surface area contributed by atoms with Gasteiger partial charge in [-0.2, -0.15) is 5.10 Å². The molecule has 3 N–H and O–H groups in total. The molecule has 0 radical (unpaired) electrons. The number of rotatable bonds is 4. The minimum absolute atomic E-state index is 0.354. The van der Waals surface area contributed by atoms with Crippen LogP contribution >= 0.6 is 23.1 Å². The largest absolute Gasteiger partial charge is 0.294 e. The third kappa shape index (κ3) is 3.05. The van der Waals surface area contributed by atoms with Gasteiger partial charge in [-0.05, 0) is 0 Å². The van der Waals surface area contributed by atoms with Crippen LogP contribution in [0.4, 0.5) is 0 Å². The molecule has 2 heterocycles. The van der Waals surface area contributed by atoms with Gasteiger partial charge in [-0.15, -0.1) is 23.1 Å². The molecule has 6 nitrogen and oxygen atoms in total. The number of aryl methyl sites for hydroxylation is 1. The number of thiazole rings is 1. The molecule has 0 aromatic carbocycles. The maximum Gasteiger partial charge on any atom is 0.294 e. The number of nitrogens with zero attached hydrogens (tertiary/aromatic N) is 3. The van der Waals surface area contributed by atoms with Gasteiger partial charge in [-0.1, -0.05) is 0 Å². The quantitative estimate of drug-likeness (QED) is 0.370. The Labute approximate surface area is 106 Å². The lowest BCUT2D eigenvalue weighted by molar-refractivity contribution is 0.0953. The van der Waals surface area contributed by atoms with Crippen molar-refractivity contribution in [3.05, 3.63) is 28.5 Å². The third-order valence-electron chi connectivity index (χ3n) is 1.94. The van der Waals surface area contributed by atoms with Crippen LogP contribution in [0.2, 0.25) is 0 Å². The van der Waals surface area contributed by atoms with Gasteiger partial charge in [-0.3, -0.25) is 14.9 Å². The molecule has 0 unspecified atom stereocenters. The average molecular weight is 269 g/mol. The fourth-order valence-electron chi connectivity index (χ4n) is 1.17. The molecule has 0 aliphatic rings. The van der Waals surface area contributed by atoms with Gasteiger partial charge in [0.05, 0.1) is 11.9 Å². The monoisotopic (exact) mass is 269 g/mol. The molecule has 8 heteroatoms. The van der Waals surface area contributed by atoms with Crippen LogP contribution < -0.4 is 11.3 Å². The second kappa shape index (κ2) is 5.30. The third-order valence-corrected chi connectivity index (χ3v) is 3.82. The van der Waals surface area contributed by atoms with E-state index in [0.29, 0.717) is 10.8 Å². The van der Waals surface area contributed by atoms with Gasteiger partial charge >= 0.3 is 0 Å². The van der Waals surface area contributed by atoms with E-state index in [1.54, 1.807) is 22.6 Å². The van der Waals surface area contributed by atoms with E-state index in [4.69, 9.17) is 5.84 Å². The molecular formula is C9H11N5OS2. The number of hydrazine groups is 1. The van der Waals surface area contributed by atoms with Crippen LogP contribution in [0, 0.1) is 0 Å². The van der Waals surface area contributed by atoms with E-state index in [1.807, 2.05) is 18.6 Å². The fourth-order valence-corrected chi connectivity index (χ4v) is 2.81. The lowest BCUT2D eigenvalue weighted by atomic mass is 10.5. The Morgan fingerprint density at radius 2 is 2.53 bits per heavy atom. The first-order valence-corrected chi connectivity index (χ1v) is 6.62. The van der Waals surface area contributed by atoms with Crippen LogP contribution in [0.1, 0.15) is 15.5 Å². The number of hydrogen-bond donors (Lipinski definition) is 2. The number of carbonyl (C=O) groups excluding carboxylic acids is 1. The standard InChI is InChI=1S/C9H11N5OS2/c1-14-3-7(2-11-14)16-4-6-5-17-9(12-6)8(15)13-10/h2-3,5H,4,10H2,1H3,(H,13,15). The Balaban J connectivity index is 1.95. The van der Waals surface area contributed by atoms with Crippen molar-refractivity contribution < 1.29 is 4.79 Å². The first-order chi connectivity index (χ1) is 8.19. The maximum absolute atomic E-state index is 11.2. The van der Waals surface area contributed by atoms with Crippen molar-refractivity contribution in [1.82, 2.24) is 20.2 Å². The van der Waals surface area contributed by atoms with Crippen molar-refractivity contribution in [3.8, 4) is 0 Å². The lowest BCUT2D eigenvalue weighted by Crippen LogP contribution is -2.29. The molecule has 0 aliphatic carbocycles. The highest BCUT2D eigenvalue weighted by Crippen LogP contribution is 2.22. The fraction of sp³-hybridized carbons (Fsp3) is 0.222. The molecule has 2 aromatic heterocycles. The Kier molecular flexibility index (Phi) is 3.77. The highest BCUT2D eigenvalue weighted by atomic mass is 32.2. The topological polar surface area (TPSA) is 85.8 Å². The zero-order valence-electron chi connectivity index (χ0n) is 9.08. The summed E-state index contributed by atoms with van der Waals surface area (Å²) in [6, 6.07) is 0. The molecule has 1 amide bonds. The van der Waals surface area contributed by atoms with E-state index in [9.17, 15) is 4.79 Å².